The molecule has 0 saturated carbocycles. The van der Waals surface area contributed by atoms with Crippen molar-refractivity contribution in [3.8, 4) is 0 Å². The van der Waals surface area contributed by atoms with Gasteiger partial charge in [-0.3, -0.25) is 9.59 Å². The van der Waals surface area contributed by atoms with E-state index in [2.05, 4.69) is 11.9 Å². The summed E-state index contributed by atoms with van der Waals surface area (Å²) in [6.07, 6.45) is 6.19. The summed E-state index contributed by atoms with van der Waals surface area (Å²) in [6.45, 7) is 3.88. The summed E-state index contributed by atoms with van der Waals surface area (Å²) in [5.74, 6) is 0.802. The van der Waals surface area contributed by atoms with Crippen LogP contribution in [0, 0.1) is 5.92 Å². The summed E-state index contributed by atoms with van der Waals surface area (Å²) < 4.78 is 0. The second-order valence-corrected chi connectivity index (χ2v) is 4.97. The van der Waals surface area contributed by atoms with E-state index in [0.717, 1.165) is 31.8 Å². The Morgan fingerprint density at radius 3 is 2.67 bits per heavy atom. The topological polar surface area (TPSA) is 53.2 Å². The van der Waals surface area contributed by atoms with Gasteiger partial charge in [0.05, 0.1) is 5.56 Å². The van der Waals surface area contributed by atoms with Crippen LogP contribution < -0.4 is 5.56 Å². The zero-order valence-corrected chi connectivity index (χ0v) is 10.8. The number of piperidine rings is 1. The van der Waals surface area contributed by atoms with Crippen LogP contribution in [0.5, 0.6) is 0 Å². The van der Waals surface area contributed by atoms with Gasteiger partial charge in [-0.15, -0.1) is 0 Å². The molecule has 98 valence electrons. The Morgan fingerprint density at radius 1 is 1.39 bits per heavy atom. The fourth-order valence-electron chi connectivity index (χ4n) is 2.56. The number of H-pyrrole nitrogens is 1. The first-order valence-corrected chi connectivity index (χ1v) is 6.68. The van der Waals surface area contributed by atoms with Crippen molar-refractivity contribution in [2.75, 3.05) is 13.1 Å². The fraction of sp³-hybridized carbons (Fsp3) is 0.571. The number of nitrogens with zero attached hydrogens (tertiary/aromatic N) is 1. The highest BCUT2D eigenvalue weighted by molar-refractivity contribution is 5.93. The van der Waals surface area contributed by atoms with Crippen LogP contribution in [0.15, 0.2) is 23.1 Å². The third kappa shape index (κ3) is 3.00. The van der Waals surface area contributed by atoms with Crippen LogP contribution in [0.4, 0.5) is 0 Å². The van der Waals surface area contributed by atoms with E-state index in [1.165, 1.54) is 25.1 Å². The van der Waals surface area contributed by atoms with Crippen molar-refractivity contribution in [1.82, 2.24) is 9.88 Å². The Kier molecular flexibility index (Phi) is 4.18. The first-order chi connectivity index (χ1) is 8.70. The molecule has 1 aliphatic rings. The molecule has 2 rings (SSSR count). The third-order valence-corrected chi connectivity index (χ3v) is 3.63. The predicted molar refractivity (Wildman–Crippen MR) is 70.6 cm³/mol. The molecule has 0 spiro atoms. The molecular formula is C14H20N2O2. The maximum atomic E-state index is 12.2. The molecule has 1 N–H and O–H groups in total. The zero-order chi connectivity index (χ0) is 13.0. The van der Waals surface area contributed by atoms with Gasteiger partial charge in [-0.2, -0.15) is 0 Å². The number of amides is 1. The Morgan fingerprint density at radius 2 is 2.11 bits per heavy atom. The maximum Gasteiger partial charge on any atom is 0.255 e. The van der Waals surface area contributed by atoms with E-state index in [4.69, 9.17) is 0 Å². The van der Waals surface area contributed by atoms with Crippen LogP contribution in [-0.2, 0) is 0 Å². The smallest absolute Gasteiger partial charge is 0.255 e. The maximum absolute atomic E-state index is 12.2. The van der Waals surface area contributed by atoms with Crippen LogP contribution in [0.1, 0.15) is 43.0 Å². The molecule has 1 saturated heterocycles. The summed E-state index contributed by atoms with van der Waals surface area (Å²) in [7, 11) is 0. The Bertz CT molecular complexity index is 439. The number of rotatable bonds is 3. The van der Waals surface area contributed by atoms with Gasteiger partial charge in [0.1, 0.15) is 0 Å². The number of aromatic nitrogens is 1. The van der Waals surface area contributed by atoms with Gasteiger partial charge in [0, 0.05) is 25.4 Å². The molecule has 4 nitrogen and oxygen atoms in total. The van der Waals surface area contributed by atoms with Gasteiger partial charge in [0.25, 0.3) is 5.91 Å². The van der Waals surface area contributed by atoms with E-state index in [1.54, 1.807) is 6.07 Å². The first kappa shape index (κ1) is 12.9. The molecule has 1 amide bonds. The van der Waals surface area contributed by atoms with Crippen LogP contribution in [0.2, 0.25) is 0 Å². The second-order valence-electron chi connectivity index (χ2n) is 4.97. The Hall–Kier alpha value is -1.58. The van der Waals surface area contributed by atoms with Gasteiger partial charge in [-0.05, 0) is 24.8 Å². The highest BCUT2D eigenvalue weighted by atomic mass is 16.2. The Labute approximate surface area is 107 Å². The van der Waals surface area contributed by atoms with Gasteiger partial charge in [-0.25, -0.2) is 0 Å². The number of carbonyl (C=O) groups excluding carboxylic acids is 1. The lowest BCUT2D eigenvalue weighted by Crippen LogP contribution is -2.38. The van der Waals surface area contributed by atoms with E-state index in [1.807, 2.05) is 4.90 Å². The molecule has 1 aromatic rings. The highest BCUT2D eigenvalue weighted by Gasteiger charge is 2.22. The molecule has 4 heteroatoms. The molecule has 1 fully saturated rings. The molecule has 1 aliphatic heterocycles. The van der Waals surface area contributed by atoms with Gasteiger partial charge in [0.15, 0.2) is 0 Å². The molecule has 0 bridgehead atoms. The van der Waals surface area contributed by atoms with Crippen molar-refractivity contribution >= 4 is 5.91 Å². The molecule has 0 radical (unpaired) electrons. The minimum Gasteiger partial charge on any atom is -0.339 e. The lowest BCUT2D eigenvalue weighted by atomic mass is 9.92. The number of nitrogens with one attached hydrogen (secondary N) is 1. The minimum atomic E-state index is -0.173. The lowest BCUT2D eigenvalue weighted by molar-refractivity contribution is 0.0686. The molecule has 18 heavy (non-hydrogen) atoms. The van der Waals surface area contributed by atoms with Crippen molar-refractivity contribution in [2.24, 2.45) is 5.92 Å². The van der Waals surface area contributed by atoms with E-state index in [-0.39, 0.29) is 11.5 Å². The molecule has 0 atom stereocenters. The monoisotopic (exact) mass is 248 g/mol. The van der Waals surface area contributed by atoms with Crippen molar-refractivity contribution in [2.45, 2.75) is 32.6 Å². The van der Waals surface area contributed by atoms with Crippen molar-refractivity contribution in [1.29, 1.82) is 0 Å². The average Bonchev–Trinajstić information content (AvgIpc) is 2.40. The minimum absolute atomic E-state index is 0.0289. The molecular weight excluding hydrogens is 228 g/mol. The van der Waals surface area contributed by atoms with E-state index in [9.17, 15) is 9.59 Å². The fourth-order valence-corrected chi connectivity index (χ4v) is 2.56. The second kappa shape index (κ2) is 5.85. The van der Waals surface area contributed by atoms with Crippen LogP contribution >= 0.6 is 0 Å². The number of carbonyl (C=O) groups is 1. The average molecular weight is 248 g/mol. The number of pyridine rings is 1. The van der Waals surface area contributed by atoms with Gasteiger partial charge >= 0.3 is 0 Å². The van der Waals surface area contributed by atoms with Crippen molar-refractivity contribution in [3.63, 3.8) is 0 Å². The molecule has 1 aromatic heterocycles. The number of hydrogen-bond donors (Lipinski definition) is 1. The quantitative estimate of drug-likeness (QED) is 0.889. The van der Waals surface area contributed by atoms with E-state index in [0.29, 0.717) is 5.56 Å². The summed E-state index contributed by atoms with van der Waals surface area (Å²) in [6, 6.07) is 3.00. The highest BCUT2D eigenvalue weighted by Crippen LogP contribution is 2.22. The number of hydrogen-bond acceptors (Lipinski definition) is 2. The predicted octanol–water partition coefficient (Wildman–Crippen LogP) is 2.03. The SMILES string of the molecule is CCCC1CCN(C(=O)c2ccc(=O)[nH]c2)CC1. The summed E-state index contributed by atoms with van der Waals surface area (Å²) >= 11 is 0. The number of likely N-dealkylation sites (tertiary alicyclic amines) is 1. The normalized spacial score (nSPS) is 16.8. The van der Waals surface area contributed by atoms with Crippen molar-refractivity contribution in [3.05, 3.63) is 34.2 Å². The summed E-state index contributed by atoms with van der Waals surface area (Å²) in [5.41, 5.74) is 0.400. The molecule has 0 aromatic carbocycles. The molecule has 0 aliphatic carbocycles. The standard InChI is InChI=1S/C14H20N2O2/c1-2-3-11-6-8-16(9-7-11)14(18)12-4-5-13(17)15-10-12/h4-5,10-11H,2-3,6-9H2,1H3,(H,15,17). The van der Waals surface area contributed by atoms with Crippen LogP contribution in [0.3, 0.4) is 0 Å². The van der Waals surface area contributed by atoms with Crippen LogP contribution in [0.25, 0.3) is 0 Å². The zero-order valence-electron chi connectivity index (χ0n) is 10.8. The summed E-state index contributed by atoms with van der Waals surface area (Å²) in [4.78, 5) is 27.6. The van der Waals surface area contributed by atoms with Crippen molar-refractivity contribution < 1.29 is 4.79 Å². The third-order valence-electron chi connectivity index (χ3n) is 3.63. The van der Waals surface area contributed by atoms with Gasteiger partial charge < -0.3 is 9.88 Å². The largest absolute Gasteiger partial charge is 0.339 e. The molecule has 0 unspecified atom stereocenters. The van der Waals surface area contributed by atoms with E-state index >= 15 is 0 Å². The first-order valence-electron chi connectivity index (χ1n) is 6.68. The summed E-state index contributed by atoms with van der Waals surface area (Å²) in [5, 5.41) is 0. The van der Waals surface area contributed by atoms with Crippen LogP contribution in [-0.4, -0.2) is 28.9 Å². The number of aromatic amines is 1. The Balaban J connectivity index is 1.95. The van der Waals surface area contributed by atoms with Gasteiger partial charge in [-0.1, -0.05) is 19.8 Å². The van der Waals surface area contributed by atoms with Gasteiger partial charge in [0.2, 0.25) is 5.56 Å². The van der Waals surface area contributed by atoms with E-state index < -0.39 is 0 Å². The lowest BCUT2D eigenvalue weighted by Gasteiger charge is -2.31. The molecule has 2 heterocycles.